The van der Waals surface area contributed by atoms with E-state index in [1.54, 1.807) is 0 Å². The third-order valence-corrected chi connectivity index (χ3v) is 4.00. The Labute approximate surface area is 119 Å². The standard InChI is InChI=1S/C16H20N2O2/c1-5-20-15(19)14-11(2)17-18-12(3)16(14,4)13-9-7-6-8-10-13/h6-10,14H,5H2,1-4H3. The van der Waals surface area contributed by atoms with E-state index in [1.807, 2.05) is 58.0 Å². The third-order valence-electron chi connectivity index (χ3n) is 4.00. The average molecular weight is 272 g/mol. The average Bonchev–Trinajstić information content (AvgIpc) is 2.44. The van der Waals surface area contributed by atoms with E-state index in [-0.39, 0.29) is 5.97 Å². The molecule has 1 heterocycles. The Morgan fingerprint density at radius 3 is 2.50 bits per heavy atom. The number of rotatable bonds is 3. The summed E-state index contributed by atoms with van der Waals surface area (Å²) in [5.41, 5.74) is 2.06. The summed E-state index contributed by atoms with van der Waals surface area (Å²) in [6.45, 7) is 7.95. The van der Waals surface area contributed by atoms with Crippen LogP contribution in [0.2, 0.25) is 0 Å². The van der Waals surface area contributed by atoms with Crippen molar-refractivity contribution in [3.63, 3.8) is 0 Å². The molecule has 1 aromatic rings. The van der Waals surface area contributed by atoms with Crippen LogP contribution >= 0.6 is 0 Å². The van der Waals surface area contributed by atoms with Crippen molar-refractivity contribution in [2.24, 2.45) is 16.1 Å². The van der Waals surface area contributed by atoms with Crippen molar-refractivity contribution in [2.75, 3.05) is 6.61 Å². The van der Waals surface area contributed by atoms with E-state index in [0.717, 1.165) is 11.3 Å². The molecular weight excluding hydrogens is 252 g/mol. The Bertz CT molecular complexity index is 563. The van der Waals surface area contributed by atoms with Crippen LogP contribution in [0.5, 0.6) is 0 Å². The van der Waals surface area contributed by atoms with Crippen molar-refractivity contribution in [1.29, 1.82) is 0 Å². The Morgan fingerprint density at radius 2 is 1.90 bits per heavy atom. The Balaban J connectivity index is 2.54. The molecule has 4 nitrogen and oxygen atoms in total. The van der Waals surface area contributed by atoms with Gasteiger partial charge in [-0.3, -0.25) is 4.79 Å². The molecule has 0 saturated heterocycles. The van der Waals surface area contributed by atoms with E-state index >= 15 is 0 Å². The van der Waals surface area contributed by atoms with Gasteiger partial charge in [0, 0.05) is 5.71 Å². The quantitative estimate of drug-likeness (QED) is 0.794. The predicted molar refractivity (Wildman–Crippen MR) is 80.1 cm³/mol. The first kappa shape index (κ1) is 14.4. The van der Waals surface area contributed by atoms with Crippen molar-refractivity contribution < 1.29 is 9.53 Å². The lowest BCUT2D eigenvalue weighted by Gasteiger charge is -2.38. The van der Waals surface area contributed by atoms with Gasteiger partial charge in [-0.25, -0.2) is 0 Å². The van der Waals surface area contributed by atoms with Crippen LogP contribution in [0.1, 0.15) is 33.3 Å². The Hall–Kier alpha value is -1.97. The first-order valence-electron chi connectivity index (χ1n) is 6.83. The molecule has 0 radical (unpaired) electrons. The smallest absolute Gasteiger partial charge is 0.316 e. The number of esters is 1. The van der Waals surface area contributed by atoms with Crippen LogP contribution in [0.3, 0.4) is 0 Å². The van der Waals surface area contributed by atoms with E-state index < -0.39 is 11.3 Å². The van der Waals surface area contributed by atoms with Gasteiger partial charge in [0.15, 0.2) is 0 Å². The minimum atomic E-state index is -0.515. The Morgan fingerprint density at radius 1 is 1.25 bits per heavy atom. The number of nitrogens with zero attached hydrogens (tertiary/aromatic N) is 2. The number of hydrogen-bond acceptors (Lipinski definition) is 4. The number of ether oxygens (including phenoxy) is 1. The highest BCUT2D eigenvalue weighted by atomic mass is 16.5. The summed E-state index contributed by atoms with van der Waals surface area (Å²) in [6, 6.07) is 9.94. The molecule has 0 amide bonds. The van der Waals surface area contributed by atoms with Crippen LogP contribution in [-0.2, 0) is 14.9 Å². The van der Waals surface area contributed by atoms with E-state index in [1.165, 1.54) is 0 Å². The van der Waals surface area contributed by atoms with Gasteiger partial charge in [-0.15, -0.1) is 0 Å². The topological polar surface area (TPSA) is 51.0 Å². The zero-order chi connectivity index (χ0) is 14.8. The molecule has 0 spiro atoms. The molecule has 0 fully saturated rings. The summed E-state index contributed by atoms with van der Waals surface area (Å²) in [6.07, 6.45) is 0. The van der Waals surface area contributed by atoms with Gasteiger partial charge in [0.05, 0.1) is 17.7 Å². The maximum atomic E-state index is 12.4. The normalized spacial score (nSPS) is 25.7. The summed E-state index contributed by atoms with van der Waals surface area (Å²) in [5.74, 6) is -0.670. The second-order valence-electron chi connectivity index (χ2n) is 5.18. The van der Waals surface area contributed by atoms with E-state index in [2.05, 4.69) is 10.2 Å². The summed E-state index contributed by atoms with van der Waals surface area (Å²) in [4.78, 5) is 12.4. The molecule has 0 bridgehead atoms. The molecule has 20 heavy (non-hydrogen) atoms. The molecule has 1 aromatic carbocycles. The highest BCUT2D eigenvalue weighted by Crippen LogP contribution is 2.38. The van der Waals surface area contributed by atoms with Gasteiger partial charge in [0.1, 0.15) is 5.92 Å². The zero-order valence-corrected chi connectivity index (χ0v) is 12.4. The first-order valence-corrected chi connectivity index (χ1v) is 6.83. The van der Waals surface area contributed by atoms with Gasteiger partial charge in [0.25, 0.3) is 0 Å². The van der Waals surface area contributed by atoms with Gasteiger partial charge in [-0.2, -0.15) is 10.2 Å². The molecule has 1 aliphatic heterocycles. The third kappa shape index (κ3) is 2.26. The first-order chi connectivity index (χ1) is 9.51. The molecular formula is C16H20N2O2. The molecule has 0 aromatic heterocycles. The van der Waals surface area contributed by atoms with Gasteiger partial charge in [-0.05, 0) is 33.3 Å². The van der Waals surface area contributed by atoms with Gasteiger partial charge in [-0.1, -0.05) is 30.3 Å². The number of hydrogen-bond donors (Lipinski definition) is 0. The molecule has 2 rings (SSSR count). The van der Waals surface area contributed by atoms with E-state index in [9.17, 15) is 4.79 Å². The molecule has 0 N–H and O–H groups in total. The molecule has 0 saturated carbocycles. The molecule has 1 aliphatic rings. The molecule has 0 aliphatic carbocycles. The maximum Gasteiger partial charge on any atom is 0.316 e. The Kier molecular flexibility index (Phi) is 4.02. The van der Waals surface area contributed by atoms with Gasteiger partial charge in [0.2, 0.25) is 0 Å². The van der Waals surface area contributed by atoms with Crippen LogP contribution in [0.4, 0.5) is 0 Å². The van der Waals surface area contributed by atoms with E-state index in [0.29, 0.717) is 12.3 Å². The minimum Gasteiger partial charge on any atom is -0.465 e. The van der Waals surface area contributed by atoms with Gasteiger partial charge >= 0.3 is 5.97 Å². The van der Waals surface area contributed by atoms with Crippen LogP contribution in [0.15, 0.2) is 40.5 Å². The summed E-state index contributed by atoms with van der Waals surface area (Å²) >= 11 is 0. The SMILES string of the molecule is CCOC(=O)C1C(C)=NN=C(C)C1(C)c1ccccc1. The van der Waals surface area contributed by atoms with Crippen LogP contribution in [0.25, 0.3) is 0 Å². The fourth-order valence-electron chi connectivity index (χ4n) is 2.73. The predicted octanol–water partition coefficient (Wildman–Crippen LogP) is 2.97. The minimum absolute atomic E-state index is 0.241. The van der Waals surface area contributed by atoms with Crippen molar-refractivity contribution in [2.45, 2.75) is 33.1 Å². The number of carbonyl (C=O) groups is 1. The van der Waals surface area contributed by atoms with Crippen molar-refractivity contribution in [1.82, 2.24) is 0 Å². The highest BCUT2D eigenvalue weighted by Gasteiger charge is 2.47. The fourth-order valence-corrected chi connectivity index (χ4v) is 2.73. The molecule has 4 heteroatoms. The zero-order valence-electron chi connectivity index (χ0n) is 12.4. The lowest BCUT2D eigenvalue weighted by molar-refractivity contribution is -0.146. The second-order valence-corrected chi connectivity index (χ2v) is 5.18. The monoisotopic (exact) mass is 272 g/mol. The van der Waals surface area contributed by atoms with Crippen LogP contribution < -0.4 is 0 Å². The summed E-state index contributed by atoms with van der Waals surface area (Å²) in [5, 5.41) is 8.35. The van der Waals surface area contributed by atoms with Crippen LogP contribution in [-0.4, -0.2) is 24.0 Å². The van der Waals surface area contributed by atoms with Gasteiger partial charge < -0.3 is 4.74 Å². The summed E-state index contributed by atoms with van der Waals surface area (Å²) < 4.78 is 5.24. The fraction of sp³-hybridized carbons (Fsp3) is 0.438. The summed E-state index contributed by atoms with van der Waals surface area (Å²) in [7, 11) is 0. The van der Waals surface area contributed by atoms with Crippen LogP contribution in [0, 0.1) is 5.92 Å². The molecule has 2 unspecified atom stereocenters. The molecule has 2 atom stereocenters. The lowest BCUT2D eigenvalue weighted by atomic mass is 9.66. The van der Waals surface area contributed by atoms with Crippen molar-refractivity contribution in [3.8, 4) is 0 Å². The number of benzene rings is 1. The lowest BCUT2D eigenvalue weighted by Crippen LogP contribution is -2.49. The second kappa shape index (κ2) is 5.57. The maximum absolute atomic E-state index is 12.4. The largest absolute Gasteiger partial charge is 0.465 e. The van der Waals surface area contributed by atoms with E-state index in [4.69, 9.17) is 4.74 Å². The molecule has 106 valence electrons. The number of carbonyl (C=O) groups excluding carboxylic acids is 1. The van der Waals surface area contributed by atoms with Crippen molar-refractivity contribution >= 4 is 17.4 Å². The highest BCUT2D eigenvalue weighted by molar-refractivity contribution is 6.11. The van der Waals surface area contributed by atoms with Crippen molar-refractivity contribution in [3.05, 3.63) is 35.9 Å².